The van der Waals surface area contributed by atoms with Crippen LogP contribution in [0.3, 0.4) is 0 Å². The van der Waals surface area contributed by atoms with Crippen LogP contribution in [-0.2, 0) is 21.1 Å². The topological polar surface area (TPSA) is 51.2 Å². The molecule has 2 fully saturated rings. The Morgan fingerprint density at radius 1 is 1.09 bits per heavy atom. The van der Waals surface area contributed by atoms with Crippen LogP contribution in [0.2, 0.25) is 0 Å². The van der Waals surface area contributed by atoms with Crippen molar-refractivity contribution in [3.05, 3.63) is 35.4 Å². The number of carbonyl (C=O) groups is 1. The van der Waals surface area contributed by atoms with Crippen LogP contribution in [0.1, 0.15) is 56.6 Å². The van der Waals surface area contributed by atoms with Crippen LogP contribution in [0.4, 0.5) is 0 Å². The zero-order chi connectivity index (χ0) is 15.9. The van der Waals surface area contributed by atoms with Crippen molar-refractivity contribution in [1.29, 1.82) is 0 Å². The largest absolute Gasteiger partial charge is 0.299 e. The summed E-state index contributed by atoms with van der Waals surface area (Å²) in [5.41, 5.74) is 2.31. The summed E-state index contributed by atoms with van der Waals surface area (Å²) in [6.07, 6.45) is 3.02. The number of fused-ring (bicyclic) bond motifs is 2. The number of hydrogen-bond acceptors (Lipinski definition) is 3. The van der Waals surface area contributed by atoms with Crippen molar-refractivity contribution in [1.82, 2.24) is 0 Å². The third-order valence-electron chi connectivity index (χ3n) is 5.31. The molecule has 0 saturated carbocycles. The Bertz CT molecular complexity index is 638. The minimum absolute atomic E-state index is 0.0641. The summed E-state index contributed by atoms with van der Waals surface area (Å²) < 4.78 is 24.2. The maximum absolute atomic E-state index is 12.5. The third-order valence-corrected chi connectivity index (χ3v) is 8.03. The molecule has 2 atom stereocenters. The van der Waals surface area contributed by atoms with Crippen LogP contribution >= 0.6 is 0 Å². The summed E-state index contributed by atoms with van der Waals surface area (Å²) >= 11 is 0. The second-order valence-corrected chi connectivity index (χ2v) is 9.63. The van der Waals surface area contributed by atoms with Gasteiger partial charge in [-0.25, -0.2) is 8.42 Å². The summed E-state index contributed by atoms with van der Waals surface area (Å²) in [6, 6.07) is 8.23. The van der Waals surface area contributed by atoms with Gasteiger partial charge >= 0.3 is 0 Å². The molecule has 2 aliphatic rings. The normalized spacial score (nSPS) is 29.7. The van der Waals surface area contributed by atoms with Gasteiger partial charge in [0.05, 0.1) is 10.5 Å². The van der Waals surface area contributed by atoms with Crippen molar-refractivity contribution in [2.45, 2.75) is 62.4 Å². The first-order valence-electron chi connectivity index (χ1n) is 8.22. The van der Waals surface area contributed by atoms with Crippen molar-refractivity contribution in [3.63, 3.8) is 0 Å². The highest BCUT2D eigenvalue weighted by atomic mass is 32.2. The standard InChI is InChI=1S/C18H24O3S/c1-12(2)14-5-3-13(4-6-14)9-18(19)15-10-16-7-8-17(11-15)22(16,20)21/h3-6,12,15-17H,7-11H2,1-2H3. The summed E-state index contributed by atoms with van der Waals surface area (Å²) in [7, 11) is -2.94. The molecule has 1 aromatic rings. The van der Waals surface area contributed by atoms with Crippen LogP contribution in [0, 0.1) is 5.92 Å². The van der Waals surface area contributed by atoms with Gasteiger partial charge < -0.3 is 0 Å². The molecule has 2 bridgehead atoms. The molecule has 3 rings (SSSR count). The minimum Gasteiger partial charge on any atom is -0.299 e. The van der Waals surface area contributed by atoms with Crippen LogP contribution in [0.15, 0.2) is 24.3 Å². The second-order valence-electron chi connectivity index (χ2n) is 7.12. The van der Waals surface area contributed by atoms with Gasteiger partial charge in [0.15, 0.2) is 9.84 Å². The highest BCUT2D eigenvalue weighted by molar-refractivity contribution is 7.93. The molecule has 0 radical (unpaired) electrons. The lowest BCUT2D eigenvalue weighted by Gasteiger charge is -2.27. The Balaban J connectivity index is 1.66. The van der Waals surface area contributed by atoms with E-state index in [2.05, 4.69) is 26.0 Å². The van der Waals surface area contributed by atoms with Gasteiger partial charge in [0.1, 0.15) is 5.78 Å². The molecule has 0 amide bonds. The first kappa shape index (κ1) is 15.7. The lowest BCUT2D eigenvalue weighted by Crippen LogP contribution is -2.36. The van der Waals surface area contributed by atoms with Gasteiger partial charge in [-0.15, -0.1) is 0 Å². The maximum Gasteiger partial charge on any atom is 0.156 e. The molecule has 1 aromatic carbocycles. The fraction of sp³-hybridized carbons (Fsp3) is 0.611. The molecule has 0 spiro atoms. The molecule has 2 aliphatic heterocycles. The average molecular weight is 320 g/mol. The third kappa shape index (κ3) is 2.85. The molecule has 2 saturated heterocycles. The highest BCUT2D eigenvalue weighted by Gasteiger charge is 2.48. The zero-order valence-electron chi connectivity index (χ0n) is 13.3. The summed E-state index contributed by atoms with van der Waals surface area (Å²) in [5, 5.41) is -0.521. The van der Waals surface area contributed by atoms with Crippen molar-refractivity contribution in [3.8, 4) is 0 Å². The highest BCUT2D eigenvalue weighted by Crippen LogP contribution is 2.41. The molecule has 2 unspecified atom stereocenters. The summed E-state index contributed by atoms with van der Waals surface area (Å²) in [5.74, 6) is 0.638. The molecule has 0 aliphatic carbocycles. The summed E-state index contributed by atoms with van der Waals surface area (Å²) in [4.78, 5) is 12.5. The Morgan fingerprint density at radius 2 is 1.64 bits per heavy atom. The predicted molar refractivity (Wildman–Crippen MR) is 87.7 cm³/mol. The average Bonchev–Trinajstić information content (AvgIpc) is 2.67. The minimum atomic E-state index is -2.94. The number of benzene rings is 1. The van der Waals surface area contributed by atoms with Gasteiger partial charge in [-0.05, 0) is 42.7 Å². The van der Waals surface area contributed by atoms with Crippen LogP contribution in [0.5, 0.6) is 0 Å². The van der Waals surface area contributed by atoms with Crippen LogP contribution in [0.25, 0.3) is 0 Å². The lowest BCUT2D eigenvalue weighted by atomic mass is 9.90. The quantitative estimate of drug-likeness (QED) is 0.855. The lowest BCUT2D eigenvalue weighted by molar-refractivity contribution is -0.122. The number of rotatable bonds is 4. The number of hydrogen-bond donors (Lipinski definition) is 0. The monoisotopic (exact) mass is 320 g/mol. The molecular formula is C18H24O3S. The zero-order valence-corrected chi connectivity index (χ0v) is 14.1. The van der Waals surface area contributed by atoms with Crippen LogP contribution < -0.4 is 0 Å². The molecule has 4 heteroatoms. The summed E-state index contributed by atoms with van der Waals surface area (Å²) in [6.45, 7) is 4.30. The number of ketones is 1. The Morgan fingerprint density at radius 3 is 2.14 bits per heavy atom. The maximum atomic E-state index is 12.5. The van der Waals surface area contributed by atoms with Crippen molar-refractivity contribution >= 4 is 15.6 Å². The van der Waals surface area contributed by atoms with E-state index in [0.29, 0.717) is 25.2 Å². The SMILES string of the molecule is CC(C)c1ccc(CC(=O)C2CC3CCC(C2)S3(=O)=O)cc1. The van der Waals surface area contributed by atoms with Gasteiger partial charge in [0.2, 0.25) is 0 Å². The van der Waals surface area contributed by atoms with Gasteiger partial charge in [-0.3, -0.25) is 4.79 Å². The van der Waals surface area contributed by atoms with E-state index in [1.165, 1.54) is 5.56 Å². The Kier molecular flexibility index (Phi) is 4.15. The molecule has 0 aromatic heterocycles. The Hall–Kier alpha value is -1.16. The van der Waals surface area contributed by atoms with E-state index < -0.39 is 9.84 Å². The van der Waals surface area contributed by atoms with E-state index in [1.54, 1.807) is 0 Å². The molecule has 3 nitrogen and oxygen atoms in total. The fourth-order valence-electron chi connectivity index (χ4n) is 3.84. The molecule has 0 N–H and O–H groups in total. The molecule has 2 heterocycles. The van der Waals surface area contributed by atoms with Gasteiger partial charge in [0, 0.05) is 12.3 Å². The van der Waals surface area contributed by atoms with E-state index in [-0.39, 0.29) is 22.2 Å². The number of Topliss-reactive ketones (excluding diaryl/α,β-unsaturated/α-hetero) is 1. The smallest absolute Gasteiger partial charge is 0.156 e. The fourth-order valence-corrected chi connectivity index (χ4v) is 6.31. The van der Waals surface area contributed by atoms with Gasteiger partial charge in [-0.2, -0.15) is 0 Å². The van der Waals surface area contributed by atoms with E-state index >= 15 is 0 Å². The van der Waals surface area contributed by atoms with Gasteiger partial charge in [-0.1, -0.05) is 38.1 Å². The molecular weight excluding hydrogens is 296 g/mol. The van der Waals surface area contributed by atoms with Crippen LogP contribution in [-0.4, -0.2) is 24.7 Å². The van der Waals surface area contributed by atoms with Crippen molar-refractivity contribution < 1.29 is 13.2 Å². The van der Waals surface area contributed by atoms with E-state index in [9.17, 15) is 13.2 Å². The van der Waals surface area contributed by atoms with Gasteiger partial charge in [0.25, 0.3) is 0 Å². The Labute approximate surface area is 133 Å². The van der Waals surface area contributed by atoms with E-state index in [1.807, 2.05) is 12.1 Å². The van der Waals surface area contributed by atoms with E-state index in [0.717, 1.165) is 18.4 Å². The first-order chi connectivity index (χ1) is 10.4. The number of carbonyl (C=O) groups excluding carboxylic acids is 1. The molecule has 120 valence electrons. The van der Waals surface area contributed by atoms with Crippen molar-refractivity contribution in [2.24, 2.45) is 5.92 Å². The molecule has 22 heavy (non-hydrogen) atoms. The number of sulfone groups is 1. The van der Waals surface area contributed by atoms with E-state index in [4.69, 9.17) is 0 Å². The predicted octanol–water partition coefficient (Wildman–Crippen LogP) is 3.28. The first-order valence-corrected chi connectivity index (χ1v) is 9.83. The second kappa shape index (κ2) is 5.80. The van der Waals surface area contributed by atoms with Crippen molar-refractivity contribution in [2.75, 3.05) is 0 Å².